The van der Waals surface area contributed by atoms with Crippen LogP contribution in [-0.2, 0) is 22.4 Å². The van der Waals surface area contributed by atoms with Crippen molar-refractivity contribution in [2.24, 2.45) is 0 Å². The van der Waals surface area contributed by atoms with Crippen LogP contribution in [0.3, 0.4) is 0 Å². The second kappa shape index (κ2) is 17.2. The Morgan fingerprint density at radius 3 is 1.37 bits per heavy atom. The first-order valence-electron chi connectivity index (χ1n) is 21.8. The molecule has 0 spiro atoms. The van der Waals surface area contributed by atoms with Gasteiger partial charge in [-0.3, -0.25) is 9.59 Å². The van der Waals surface area contributed by atoms with Crippen LogP contribution in [0.5, 0.6) is 0 Å². The number of benzene rings is 4. The highest BCUT2D eigenvalue weighted by molar-refractivity contribution is 5.99. The summed E-state index contributed by atoms with van der Waals surface area (Å²) in [5.41, 5.74) is 14.3. The molecule has 62 heavy (non-hydrogen) atoms. The number of amides is 2. The second-order valence-electron chi connectivity index (χ2n) is 17.3. The minimum atomic E-state index is -0.611. The van der Waals surface area contributed by atoms with Gasteiger partial charge in [-0.15, -0.1) is 0 Å². The van der Waals surface area contributed by atoms with Crippen LogP contribution in [0.15, 0.2) is 121 Å². The van der Waals surface area contributed by atoms with Crippen molar-refractivity contribution in [1.82, 2.24) is 28.9 Å². The number of fused-ring (bicyclic) bond motifs is 2. The number of aliphatic hydroxyl groups excluding tert-OH is 2. The molecule has 10 nitrogen and oxygen atoms in total. The molecule has 0 radical (unpaired) electrons. The Labute approximate surface area is 363 Å². The summed E-state index contributed by atoms with van der Waals surface area (Å²) < 4.78 is 4.04. The fourth-order valence-electron chi connectivity index (χ4n) is 9.86. The highest BCUT2D eigenvalue weighted by Gasteiger charge is 2.40. The van der Waals surface area contributed by atoms with E-state index in [9.17, 15) is 19.8 Å². The van der Waals surface area contributed by atoms with Crippen LogP contribution in [0, 0.1) is 27.7 Å². The smallest absolute Gasteiger partial charge is 0.250 e. The molecular formula is C52H54N6O4. The van der Waals surface area contributed by atoms with Crippen molar-refractivity contribution in [2.75, 3.05) is 13.1 Å². The molecule has 316 valence electrons. The Morgan fingerprint density at radius 2 is 1.00 bits per heavy atom. The lowest BCUT2D eigenvalue weighted by atomic mass is 9.97. The van der Waals surface area contributed by atoms with Crippen LogP contribution in [0.4, 0.5) is 0 Å². The molecule has 2 aliphatic carbocycles. The molecule has 4 heterocycles. The lowest BCUT2D eigenvalue weighted by Gasteiger charge is -2.35. The summed E-state index contributed by atoms with van der Waals surface area (Å²) in [5.74, 6) is 0.102. The van der Waals surface area contributed by atoms with Gasteiger partial charge >= 0.3 is 0 Å². The fourth-order valence-corrected chi connectivity index (χ4v) is 9.86. The van der Waals surface area contributed by atoms with Crippen LogP contribution in [0.2, 0.25) is 0 Å². The standard InChI is InChI=1S/2C26H27N3O2/c2*1-17-12-19(9-10-23(17)28-15-18(2)27-16-28)13-21-7-5-11-29(26(21)31)24-14-20-6-3-4-8-22(20)25(24)30/h2*3-4,6,8-10,12-13,15-16,24-25,30H,5,7,11,14H2,1-2H3/b2*21-13+/t2*24-,25-/m10/s1. The van der Waals surface area contributed by atoms with E-state index in [0.717, 1.165) is 104 Å². The van der Waals surface area contributed by atoms with Gasteiger partial charge in [-0.05, 0) is 147 Å². The third kappa shape index (κ3) is 8.08. The maximum absolute atomic E-state index is 13.3. The molecule has 2 fully saturated rings. The molecular weight excluding hydrogens is 773 g/mol. The maximum atomic E-state index is 13.3. The largest absolute Gasteiger partial charge is 0.386 e. The van der Waals surface area contributed by atoms with E-state index in [1.54, 1.807) is 0 Å². The molecule has 2 aliphatic heterocycles. The van der Waals surface area contributed by atoms with Crippen LogP contribution >= 0.6 is 0 Å². The quantitative estimate of drug-likeness (QED) is 0.163. The van der Waals surface area contributed by atoms with E-state index in [0.29, 0.717) is 25.9 Å². The van der Waals surface area contributed by atoms with Gasteiger partial charge in [0.2, 0.25) is 11.8 Å². The zero-order valence-electron chi connectivity index (χ0n) is 35.9. The SMILES string of the molecule is Cc1cn(-c2ccc(/C=C3\CCCN([C@@H]4Cc5ccccc5[C@H]4O)C3=O)cc2C)cn1.Cc1cn(-c2ccc(/C=C3\CCCN([C@H]4Cc5ccccc5[C@@H]4O)C3=O)cc2C)cn1. The predicted octanol–water partition coefficient (Wildman–Crippen LogP) is 8.31. The van der Waals surface area contributed by atoms with Crippen molar-refractivity contribution in [3.63, 3.8) is 0 Å². The van der Waals surface area contributed by atoms with Gasteiger partial charge in [0.1, 0.15) is 0 Å². The number of aromatic nitrogens is 4. The Balaban J connectivity index is 0.000000158. The summed E-state index contributed by atoms with van der Waals surface area (Å²) in [6.07, 6.45) is 15.3. The number of piperidine rings is 2. The zero-order valence-corrected chi connectivity index (χ0v) is 35.9. The van der Waals surface area contributed by atoms with Gasteiger partial charge < -0.3 is 29.1 Å². The Bertz CT molecular complexity index is 2540. The molecule has 4 aliphatic rings. The Morgan fingerprint density at radius 1 is 0.581 bits per heavy atom. The average Bonchev–Trinajstić information content (AvgIpc) is 4.06. The summed E-state index contributed by atoms with van der Waals surface area (Å²) >= 11 is 0. The first kappa shape index (κ1) is 41.0. The van der Waals surface area contributed by atoms with E-state index in [4.69, 9.17) is 0 Å². The second-order valence-corrected chi connectivity index (χ2v) is 17.3. The zero-order chi connectivity index (χ0) is 43.1. The molecule has 4 aromatic carbocycles. The number of aryl methyl sites for hydroxylation is 4. The number of rotatable bonds is 6. The van der Waals surface area contributed by atoms with Crippen molar-refractivity contribution < 1.29 is 19.8 Å². The number of carbonyl (C=O) groups is 2. The lowest BCUT2D eigenvalue weighted by Crippen LogP contribution is -2.46. The van der Waals surface area contributed by atoms with Crippen LogP contribution in [-0.4, -0.2) is 76.1 Å². The molecule has 2 N–H and O–H groups in total. The average molecular weight is 827 g/mol. The topological polar surface area (TPSA) is 117 Å². The molecule has 6 aromatic rings. The van der Waals surface area contributed by atoms with E-state index in [1.807, 2.05) is 106 Å². The summed E-state index contributed by atoms with van der Waals surface area (Å²) in [6, 6.07) is 28.1. The first-order valence-corrected chi connectivity index (χ1v) is 21.8. The third-order valence-corrected chi connectivity index (χ3v) is 13.0. The molecule has 0 unspecified atom stereocenters. The molecule has 2 aromatic heterocycles. The number of imidazole rings is 2. The number of hydrogen-bond donors (Lipinski definition) is 2. The molecule has 10 rings (SSSR count). The van der Waals surface area contributed by atoms with Crippen LogP contribution in [0.1, 0.15) is 93.8 Å². The van der Waals surface area contributed by atoms with Crippen molar-refractivity contribution >= 4 is 24.0 Å². The lowest BCUT2D eigenvalue weighted by molar-refractivity contribution is -0.134. The minimum Gasteiger partial charge on any atom is -0.386 e. The summed E-state index contributed by atoms with van der Waals surface area (Å²) in [5, 5.41) is 21.7. The van der Waals surface area contributed by atoms with Gasteiger partial charge in [0, 0.05) is 48.0 Å². The van der Waals surface area contributed by atoms with Gasteiger partial charge in [0.25, 0.3) is 0 Å². The highest BCUT2D eigenvalue weighted by atomic mass is 16.3. The van der Waals surface area contributed by atoms with Crippen molar-refractivity contribution in [1.29, 1.82) is 0 Å². The maximum Gasteiger partial charge on any atom is 0.250 e. The normalized spacial score (nSPS) is 22.2. The molecule has 2 amide bonds. The van der Waals surface area contributed by atoms with E-state index in [2.05, 4.69) is 72.3 Å². The van der Waals surface area contributed by atoms with Gasteiger partial charge in [0.15, 0.2) is 0 Å². The predicted molar refractivity (Wildman–Crippen MR) is 242 cm³/mol. The molecule has 4 atom stereocenters. The minimum absolute atomic E-state index is 0.0510. The van der Waals surface area contributed by atoms with E-state index in [1.165, 1.54) is 0 Å². The van der Waals surface area contributed by atoms with Crippen molar-refractivity contribution in [2.45, 2.75) is 90.5 Å². The number of carbonyl (C=O) groups excluding carboxylic acids is 2. The van der Waals surface area contributed by atoms with Crippen molar-refractivity contribution in [3.8, 4) is 11.4 Å². The Hall–Kier alpha value is -6.36. The van der Waals surface area contributed by atoms with Gasteiger partial charge in [-0.25, -0.2) is 9.97 Å². The third-order valence-electron chi connectivity index (χ3n) is 13.0. The number of hydrogen-bond acceptors (Lipinski definition) is 6. The Kier molecular flexibility index (Phi) is 11.4. The highest BCUT2D eigenvalue weighted by Crippen LogP contribution is 2.38. The molecule has 2 saturated heterocycles. The molecule has 0 saturated carbocycles. The first-order chi connectivity index (χ1) is 30.0. The fraction of sp³-hybridized carbons (Fsp3) is 0.308. The van der Waals surface area contributed by atoms with Crippen LogP contribution in [0.25, 0.3) is 23.5 Å². The van der Waals surface area contributed by atoms with E-state index >= 15 is 0 Å². The van der Waals surface area contributed by atoms with Gasteiger partial charge in [0.05, 0.1) is 48.3 Å². The van der Waals surface area contributed by atoms with Crippen LogP contribution < -0.4 is 0 Å². The van der Waals surface area contributed by atoms with E-state index in [-0.39, 0.29) is 23.9 Å². The molecule has 0 bridgehead atoms. The van der Waals surface area contributed by atoms with E-state index < -0.39 is 12.2 Å². The van der Waals surface area contributed by atoms with Crippen molar-refractivity contribution in [3.05, 3.63) is 177 Å². The summed E-state index contributed by atoms with van der Waals surface area (Å²) in [4.78, 5) is 39.0. The monoisotopic (exact) mass is 826 g/mol. The van der Waals surface area contributed by atoms with Gasteiger partial charge in [-0.2, -0.15) is 0 Å². The number of likely N-dealkylation sites (tertiary alicyclic amines) is 2. The van der Waals surface area contributed by atoms with Gasteiger partial charge in [-0.1, -0.05) is 60.7 Å². The summed E-state index contributed by atoms with van der Waals surface area (Å²) in [6.45, 7) is 9.50. The molecule has 10 heteroatoms. The number of nitrogens with zero attached hydrogens (tertiary/aromatic N) is 6. The number of aliphatic hydroxyl groups is 2. The summed E-state index contributed by atoms with van der Waals surface area (Å²) in [7, 11) is 0.